The molecule has 0 bridgehead atoms. The van der Waals surface area contributed by atoms with Crippen LogP contribution < -0.4 is 10.1 Å². The highest BCUT2D eigenvalue weighted by Crippen LogP contribution is 2.23. The van der Waals surface area contributed by atoms with Gasteiger partial charge in [-0.25, -0.2) is 4.98 Å². The summed E-state index contributed by atoms with van der Waals surface area (Å²) in [5, 5.41) is 24.0. The molecule has 0 aliphatic rings. The molecular formula is C20H20N4O5. The molecule has 0 fully saturated rings. The molecule has 0 saturated heterocycles. The Bertz CT molecular complexity index is 1000. The summed E-state index contributed by atoms with van der Waals surface area (Å²) in [6, 6.07) is 13.0. The third kappa shape index (κ3) is 5.39. The molecular weight excluding hydrogens is 376 g/mol. The number of aliphatic hydroxyl groups is 1. The lowest BCUT2D eigenvalue weighted by Crippen LogP contribution is -2.23. The summed E-state index contributed by atoms with van der Waals surface area (Å²) in [5.41, 5.74) is 1.22. The second kappa shape index (κ2) is 8.98. The lowest BCUT2D eigenvalue weighted by molar-refractivity contribution is -0.384. The Morgan fingerprint density at radius 1 is 1.31 bits per heavy atom. The van der Waals surface area contributed by atoms with E-state index in [1.807, 2.05) is 0 Å². The summed E-state index contributed by atoms with van der Waals surface area (Å²) in [7, 11) is 0. The smallest absolute Gasteiger partial charge is 0.270 e. The van der Waals surface area contributed by atoms with Crippen molar-refractivity contribution in [3.63, 3.8) is 0 Å². The number of amides is 1. The molecule has 1 atom stereocenters. The van der Waals surface area contributed by atoms with E-state index < -0.39 is 11.0 Å². The fourth-order valence-electron chi connectivity index (χ4n) is 2.79. The van der Waals surface area contributed by atoms with E-state index in [-0.39, 0.29) is 24.7 Å². The average Bonchev–Trinajstić information content (AvgIpc) is 3.15. The Morgan fingerprint density at radius 3 is 2.76 bits per heavy atom. The minimum absolute atomic E-state index is 0.0244. The van der Waals surface area contributed by atoms with Crippen LogP contribution in [0.25, 0.3) is 11.4 Å². The van der Waals surface area contributed by atoms with Crippen LogP contribution in [-0.2, 0) is 11.3 Å². The summed E-state index contributed by atoms with van der Waals surface area (Å²) in [6.45, 7) is 1.69. The number of ether oxygens (including phenoxy) is 1. The van der Waals surface area contributed by atoms with E-state index >= 15 is 0 Å². The molecule has 0 aliphatic carbocycles. The van der Waals surface area contributed by atoms with E-state index in [9.17, 15) is 20.0 Å². The maximum absolute atomic E-state index is 11.0. The van der Waals surface area contributed by atoms with Crippen LogP contribution in [0.1, 0.15) is 6.92 Å². The van der Waals surface area contributed by atoms with Gasteiger partial charge in [0.15, 0.2) is 0 Å². The van der Waals surface area contributed by atoms with Gasteiger partial charge in [0.1, 0.15) is 24.3 Å². The number of carbonyl (C=O) groups is 1. The molecule has 1 amide bonds. The van der Waals surface area contributed by atoms with Gasteiger partial charge in [-0.05, 0) is 24.3 Å². The van der Waals surface area contributed by atoms with Crippen molar-refractivity contribution in [3.8, 4) is 17.1 Å². The highest BCUT2D eigenvalue weighted by atomic mass is 16.6. The number of carbonyl (C=O) groups excluding carboxylic acids is 1. The Hall–Kier alpha value is -3.72. The quantitative estimate of drug-likeness (QED) is 0.446. The second-order valence-electron chi connectivity index (χ2n) is 6.38. The minimum Gasteiger partial charge on any atom is -0.491 e. The number of nitro groups is 1. The number of nitrogens with one attached hydrogen (secondary N) is 1. The number of hydrogen-bond acceptors (Lipinski definition) is 6. The fourth-order valence-corrected chi connectivity index (χ4v) is 2.79. The van der Waals surface area contributed by atoms with Gasteiger partial charge < -0.3 is 19.7 Å². The molecule has 2 aromatic carbocycles. The standard InChI is InChI=1S/C20H20N4O5/c1-14(25)22-16-5-7-19(8-6-16)29-13-18(26)12-23-10-9-21-20(23)15-3-2-4-17(11-15)24(27)28/h2-11,18,26H,12-13H2,1H3,(H,22,25)/t18-/m0/s1. The Kier molecular flexibility index (Phi) is 6.20. The normalized spacial score (nSPS) is 11.7. The fraction of sp³-hybridized carbons (Fsp3) is 0.200. The molecule has 150 valence electrons. The largest absolute Gasteiger partial charge is 0.491 e. The van der Waals surface area contributed by atoms with Crippen molar-refractivity contribution < 1.29 is 19.6 Å². The van der Waals surface area contributed by atoms with Crippen molar-refractivity contribution in [2.24, 2.45) is 0 Å². The van der Waals surface area contributed by atoms with Crippen LogP contribution in [0.2, 0.25) is 0 Å². The predicted molar refractivity (Wildman–Crippen MR) is 107 cm³/mol. The van der Waals surface area contributed by atoms with Gasteiger partial charge in [-0.2, -0.15) is 0 Å². The number of anilines is 1. The summed E-state index contributed by atoms with van der Waals surface area (Å²) in [4.78, 5) is 25.8. The van der Waals surface area contributed by atoms with Crippen molar-refractivity contribution in [2.45, 2.75) is 19.6 Å². The van der Waals surface area contributed by atoms with E-state index in [1.165, 1.54) is 19.1 Å². The first-order valence-corrected chi connectivity index (χ1v) is 8.87. The van der Waals surface area contributed by atoms with E-state index in [2.05, 4.69) is 10.3 Å². The first-order chi connectivity index (χ1) is 13.9. The van der Waals surface area contributed by atoms with Crippen LogP contribution in [0.15, 0.2) is 60.9 Å². The molecule has 1 aromatic heterocycles. The molecule has 0 unspecified atom stereocenters. The third-order valence-electron chi connectivity index (χ3n) is 4.06. The number of benzene rings is 2. The lowest BCUT2D eigenvalue weighted by Gasteiger charge is -2.15. The van der Waals surface area contributed by atoms with Crippen molar-refractivity contribution >= 4 is 17.3 Å². The van der Waals surface area contributed by atoms with E-state index in [1.54, 1.807) is 53.4 Å². The molecule has 1 heterocycles. The average molecular weight is 396 g/mol. The summed E-state index contributed by atoms with van der Waals surface area (Å²) in [6.07, 6.45) is 2.44. The van der Waals surface area contributed by atoms with Gasteiger partial charge >= 0.3 is 0 Å². The first kappa shape index (κ1) is 20.0. The molecule has 0 radical (unpaired) electrons. The number of nitro benzene ring substituents is 1. The Balaban J connectivity index is 1.61. The topological polar surface area (TPSA) is 120 Å². The summed E-state index contributed by atoms with van der Waals surface area (Å²) < 4.78 is 7.30. The van der Waals surface area contributed by atoms with E-state index in [0.717, 1.165) is 0 Å². The SMILES string of the molecule is CC(=O)Nc1ccc(OC[C@@H](O)Cn2ccnc2-c2cccc([N+](=O)[O-])c2)cc1. The number of hydrogen-bond donors (Lipinski definition) is 2. The molecule has 2 N–H and O–H groups in total. The molecule has 3 aromatic rings. The van der Waals surface area contributed by atoms with Gasteiger partial charge in [-0.15, -0.1) is 0 Å². The highest BCUT2D eigenvalue weighted by molar-refractivity contribution is 5.88. The van der Waals surface area contributed by atoms with E-state index in [4.69, 9.17) is 4.74 Å². The zero-order valence-electron chi connectivity index (χ0n) is 15.7. The van der Waals surface area contributed by atoms with Crippen LogP contribution in [-0.4, -0.2) is 38.2 Å². The van der Waals surface area contributed by atoms with Crippen LogP contribution in [0.4, 0.5) is 11.4 Å². The molecule has 3 rings (SSSR count). The number of non-ortho nitro benzene ring substituents is 1. The molecule has 0 spiro atoms. The maximum atomic E-state index is 11.0. The molecule has 0 aliphatic heterocycles. The maximum Gasteiger partial charge on any atom is 0.270 e. The van der Waals surface area contributed by atoms with Gasteiger partial charge in [0.05, 0.1) is 11.5 Å². The van der Waals surface area contributed by atoms with Crippen LogP contribution in [0.5, 0.6) is 5.75 Å². The number of imidazole rings is 1. The van der Waals surface area contributed by atoms with Crippen LogP contribution >= 0.6 is 0 Å². The van der Waals surface area contributed by atoms with Gasteiger partial charge in [0.25, 0.3) is 5.69 Å². The Labute approximate surface area is 166 Å². The number of aliphatic hydroxyl groups excluding tert-OH is 1. The zero-order chi connectivity index (χ0) is 20.8. The first-order valence-electron chi connectivity index (χ1n) is 8.87. The second-order valence-corrected chi connectivity index (χ2v) is 6.38. The monoisotopic (exact) mass is 396 g/mol. The van der Waals surface area contributed by atoms with Crippen LogP contribution in [0, 0.1) is 10.1 Å². The number of rotatable bonds is 8. The highest BCUT2D eigenvalue weighted by Gasteiger charge is 2.14. The van der Waals surface area contributed by atoms with Crippen LogP contribution in [0.3, 0.4) is 0 Å². The zero-order valence-corrected chi connectivity index (χ0v) is 15.7. The van der Waals surface area contributed by atoms with E-state index in [0.29, 0.717) is 22.8 Å². The van der Waals surface area contributed by atoms with Gasteiger partial charge in [0, 0.05) is 42.7 Å². The molecule has 9 heteroatoms. The van der Waals surface area contributed by atoms with Crippen molar-refractivity contribution in [2.75, 3.05) is 11.9 Å². The van der Waals surface area contributed by atoms with Crippen molar-refractivity contribution in [3.05, 3.63) is 71.0 Å². The molecule has 0 saturated carbocycles. The van der Waals surface area contributed by atoms with Gasteiger partial charge in [0.2, 0.25) is 5.91 Å². The third-order valence-corrected chi connectivity index (χ3v) is 4.06. The summed E-state index contributed by atoms with van der Waals surface area (Å²) >= 11 is 0. The van der Waals surface area contributed by atoms with Crippen molar-refractivity contribution in [1.82, 2.24) is 9.55 Å². The minimum atomic E-state index is -0.823. The van der Waals surface area contributed by atoms with Gasteiger partial charge in [-0.3, -0.25) is 14.9 Å². The van der Waals surface area contributed by atoms with Crippen molar-refractivity contribution in [1.29, 1.82) is 0 Å². The lowest BCUT2D eigenvalue weighted by atomic mass is 10.2. The Morgan fingerprint density at radius 2 is 2.07 bits per heavy atom. The predicted octanol–water partition coefficient (Wildman–Crippen LogP) is 2.86. The molecule has 9 nitrogen and oxygen atoms in total. The number of nitrogens with zero attached hydrogens (tertiary/aromatic N) is 3. The molecule has 29 heavy (non-hydrogen) atoms. The summed E-state index contributed by atoms with van der Waals surface area (Å²) in [5.74, 6) is 0.920. The number of aromatic nitrogens is 2. The van der Waals surface area contributed by atoms with Gasteiger partial charge in [-0.1, -0.05) is 12.1 Å².